The molecule has 0 aliphatic heterocycles. The first-order chi connectivity index (χ1) is 26.3. The molecule has 54 heavy (non-hydrogen) atoms. The average Bonchev–Trinajstić information content (AvgIpc) is 3.13. The van der Waals surface area contributed by atoms with Gasteiger partial charge in [-0.15, -0.1) is 0 Å². The van der Waals surface area contributed by atoms with Crippen molar-refractivity contribution in [2.75, 3.05) is 39.6 Å². The summed E-state index contributed by atoms with van der Waals surface area (Å²) in [6, 6.07) is 3.72. The van der Waals surface area contributed by atoms with Gasteiger partial charge in [0.15, 0.2) is 11.5 Å². The van der Waals surface area contributed by atoms with Crippen molar-refractivity contribution in [2.45, 2.75) is 182 Å². The van der Waals surface area contributed by atoms with Gasteiger partial charge in [0.2, 0.25) is 0 Å². The van der Waals surface area contributed by atoms with E-state index in [2.05, 4.69) is 13.8 Å². The van der Waals surface area contributed by atoms with E-state index in [9.17, 15) is 9.13 Å². The zero-order chi connectivity index (χ0) is 39.3. The summed E-state index contributed by atoms with van der Waals surface area (Å²) >= 11 is 0. The smallest absolute Gasteiger partial charge is 0.336 e. The quantitative estimate of drug-likeness (QED) is 0.0487. The number of fused-ring (bicyclic) bond motifs is 1. The highest BCUT2D eigenvalue weighted by molar-refractivity contribution is 7.53. The lowest BCUT2D eigenvalue weighted by atomic mass is 10.1. The van der Waals surface area contributed by atoms with Crippen LogP contribution in [-0.4, -0.2) is 49.6 Å². The summed E-state index contributed by atoms with van der Waals surface area (Å²) in [4.78, 5) is 9.87. The molecule has 0 spiro atoms. The Labute approximate surface area is 329 Å². The van der Waals surface area contributed by atoms with Crippen LogP contribution < -0.4 is 9.47 Å². The van der Waals surface area contributed by atoms with Crippen LogP contribution in [0.5, 0.6) is 11.5 Å². The van der Waals surface area contributed by atoms with Crippen molar-refractivity contribution < 1.29 is 36.7 Å². The van der Waals surface area contributed by atoms with Crippen LogP contribution in [-0.2, 0) is 39.5 Å². The molecule has 0 N–H and O–H groups in total. The molecule has 1 heterocycles. The summed E-state index contributed by atoms with van der Waals surface area (Å²) in [7, 11) is -7.14. The Morgan fingerprint density at radius 2 is 0.704 bits per heavy atom. The molecular formula is C42H76N2O8P2. The number of nitrogens with zero attached hydrogens (tertiary/aromatic N) is 2. The monoisotopic (exact) mass is 799 g/mol. The molecule has 0 saturated heterocycles. The molecule has 0 saturated carbocycles. The second-order valence-electron chi connectivity index (χ2n) is 14.2. The maximum absolute atomic E-state index is 13.7. The number of hydrogen-bond donors (Lipinski definition) is 0. The highest BCUT2D eigenvalue weighted by Crippen LogP contribution is 2.55. The van der Waals surface area contributed by atoms with Crippen LogP contribution in [0, 0.1) is 0 Å². The first-order valence-electron chi connectivity index (χ1n) is 21.6. The van der Waals surface area contributed by atoms with Gasteiger partial charge in [-0.2, -0.15) is 0 Å². The number of rotatable bonds is 36. The molecule has 0 atom stereocenters. The van der Waals surface area contributed by atoms with Crippen molar-refractivity contribution in [3.63, 3.8) is 0 Å². The Morgan fingerprint density at radius 1 is 0.426 bits per heavy atom. The molecule has 0 fully saturated rings. The molecule has 1 aromatic carbocycles. The highest BCUT2D eigenvalue weighted by Gasteiger charge is 2.32. The zero-order valence-electron chi connectivity index (χ0n) is 35.0. The van der Waals surface area contributed by atoms with Crippen LogP contribution in [0.15, 0.2) is 12.1 Å². The van der Waals surface area contributed by atoms with Crippen LogP contribution in [0.3, 0.4) is 0 Å². The van der Waals surface area contributed by atoms with Crippen molar-refractivity contribution in [3.05, 3.63) is 23.5 Å². The minimum Gasteiger partial charge on any atom is -0.490 e. The first kappa shape index (κ1) is 48.6. The summed E-state index contributed by atoms with van der Waals surface area (Å²) in [5.41, 5.74) is 1.85. The van der Waals surface area contributed by atoms with Crippen LogP contribution in [0.1, 0.15) is 181 Å². The van der Waals surface area contributed by atoms with E-state index in [0.29, 0.717) is 47.1 Å². The van der Waals surface area contributed by atoms with Crippen LogP contribution in [0.2, 0.25) is 0 Å². The number of unbranched alkanes of at least 4 members (excludes halogenated alkanes) is 18. The van der Waals surface area contributed by atoms with Gasteiger partial charge in [-0.1, -0.05) is 129 Å². The van der Waals surface area contributed by atoms with Gasteiger partial charge in [0.25, 0.3) is 0 Å². The SMILES string of the molecule is CCCCCCCCCCCCOc1cc2nc(CP(=O)(OCC)OCC)c(CP(=O)(OCC)OCC)nc2cc1OCCCCCCCCCCCC. The molecule has 0 amide bonds. The minimum atomic E-state index is -3.57. The molecule has 0 bridgehead atoms. The summed E-state index contributed by atoms with van der Waals surface area (Å²) in [6.07, 6.45) is 24.8. The van der Waals surface area contributed by atoms with Crippen LogP contribution in [0.25, 0.3) is 11.0 Å². The predicted octanol–water partition coefficient (Wildman–Crippen LogP) is 13.8. The largest absolute Gasteiger partial charge is 0.490 e. The third-order valence-electron chi connectivity index (χ3n) is 9.39. The minimum absolute atomic E-state index is 0.128. The van der Waals surface area contributed by atoms with E-state index in [1.807, 2.05) is 12.1 Å². The van der Waals surface area contributed by atoms with E-state index in [0.717, 1.165) is 25.7 Å². The first-order valence-corrected chi connectivity index (χ1v) is 25.1. The molecule has 2 rings (SSSR count). The molecule has 12 heteroatoms. The lowest BCUT2D eigenvalue weighted by Crippen LogP contribution is -2.09. The maximum atomic E-state index is 13.7. The molecule has 0 unspecified atom stereocenters. The molecule has 0 radical (unpaired) electrons. The van der Waals surface area contributed by atoms with E-state index >= 15 is 0 Å². The van der Waals surface area contributed by atoms with Crippen LogP contribution >= 0.6 is 15.2 Å². The second kappa shape index (κ2) is 29.7. The molecule has 10 nitrogen and oxygen atoms in total. The van der Waals surface area contributed by atoms with Gasteiger partial charge in [0.1, 0.15) is 0 Å². The van der Waals surface area contributed by atoms with Gasteiger partial charge in [-0.3, -0.25) is 9.13 Å². The molecule has 0 aliphatic carbocycles. The molecule has 0 aliphatic rings. The zero-order valence-corrected chi connectivity index (χ0v) is 36.8. The molecule has 1 aromatic heterocycles. The fourth-order valence-corrected chi connectivity index (χ4v) is 9.90. The van der Waals surface area contributed by atoms with Gasteiger partial charge >= 0.3 is 15.2 Å². The van der Waals surface area contributed by atoms with Gasteiger partial charge in [0, 0.05) is 12.1 Å². The standard InChI is InChI=1S/C42H76N2O8P2/c1-7-13-15-17-19-21-23-25-27-29-31-47-41-33-37-38(34-42(41)48-32-30-28-26-24-22-20-18-16-14-8-2)44-40(36-54(46,51-11-5)52-12-6)39(43-37)35-53(45,49-9-3)50-10-4/h33-34H,7-32,35-36H2,1-6H3. The van der Waals surface area contributed by atoms with Crippen molar-refractivity contribution >= 4 is 26.2 Å². The van der Waals surface area contributed by atoms with E-state index in [4.69, 9.17) is 37.5 Å². The Morgan fingerprint density at radius 3 is 0.981 bits per heavy atom. The molecule has 312 valence electrons. The second-order valence-corrected chi connectivity index (χ2v) is 18.3. The van der Waals surface area contributed by atoms with E-state index in [1.54, 1.807) is 27.7 Å². The fourth-order valence-electron chi connectivity index (χ4n) is 6.57. The highest BCUT2D eigenvalue weighted by atomic mass is 31.2. The van der Waals surface area contributed by atoms with Crippen molar-refractivity contribution in [1.29, 1.82) is 0 Å². The van der Waals surface area contributed by atoms with E-state index < -0.39 is 15.2 Å². The van der Waals surface area contributed by atoms with Crippen molar-refractivity contribution in [2.24, 2.45) is 0 Å². The maximum Gasteiger partial charge on any atom is 0.336 e. The van der Waals surface area contributed by atoms with Gasteiger partial charge < -0.3 is 27.6 Å². The van der Waals surface area contributed by atoms with Gasteiger partial charge in [0.05, 0.1) is 74.4 Å². The Hall–Kier alpha value is -1.54. The third kappa shape index (κ3) is 20.1. The molecule has 2 aromatic rings. The average molecular weight is 799 g/mol. The van der Waals surface area contributed by atoms with Gasteiger partial charge in [-0.05, 0) is 40.5 Å². The van der Waals surface area contributed by atoms with Gasteiger partial charge in [-0.25, -0.2) is 9.97 Å². The Balaban J connectivity index is 2.28. The Kier molecular flexibility index (Phi) is 26.7. The fraction of sp³-hybridized carbons (Fsp3) is 0.810. The lowest BCUT2D eigenvalue weighted by molar-refractivity contribution is 0.216. The third-order valence-corrected chi connectivity index (χ3v) is 13.4. The summed E-state index contributed by atoms with van der Waals surface area (Å²) in [5, 5.41) is 0. The molecular weight excluding hydrogens is 722 g/mol. The summed E-state index contributed by atoms with van der Waals surface area (Å²) in [6.45, 7) is 13.6. The van der Waals surface area contributed by atoms with Crippen LogP contribution in [0.4, 0.5) is 0 Å². The predicted molar refractivity (Wildman–Crippen MR) is 223 cm³/mol. The van der Waals surface area contributed by atoms with E-state index in [1.165, 1.54) is 103 Å². The number of aromatic nitrogens is 2. The topological polar surface area (TPSA) is 115 Å². The summed E-state index contributed by atoms with van der Waals surface area (Å²) < 4.78 is 62.7. The summed E-state index contributed by atoms with van der Waals surface area (Å²) in [5.74, 6) is 1.23. The lowest BCUT2D eigenvalue weighted by Gasteiger charge is -2.21. The normalized spacial score (nSPS) is 12.2. The Bertz CT molecular complexity index is 1240. The van der Waals surface area contributed by atoms with E-state index in [-0.39, 0.29) is 38.8 Å². The number of hydrogen-bond acceptors (Lipinski definition) is 10. The van der Waals surface area contributed by atoms with Crippen molar-refractivity contribution in [3.8, 4) is 11.5 Å². The van der Waals surface area contributed by atoms with Crippen molar-refractivity contribution in [1.82, 2.24) is 9.97 Å². The number of benzene rings is 1. The number of ether oxygens (including phenoxy) is 2.